The molecule has 0 unspecified atom stereocenters. The average molecular weight is 469 g/mol. The van der Waals surface area contributed by atoms with Crippen molar-refractivity contribution in [2.75, 3.05) is 0 Å². The molecule has 1 aromatic carbocycles. The van der Waals surface area contributed by atoms with Gasteiger partial charge in [0.15, 0.2) is 0 Å². The zero-order valence-electron chi connectivity index (χ0n) is 17.9. The molecule has 32 heavy (non-hydrogen) atoms. The Hall–Kier alpha value is -2.40. The molecule has 2 aromatic heterocycles. The molecule has 8 heteroatoms. The number of halogens is 1. The van der Waals surface area contributed by atoms with Crippen LogP contribution in [-0.2, 0) is 10.0 Å². The van der Waals surface area contributed by atoms with Gasteiger partial charge in [-0.2, -0.15) is 5.26 Å². The van der Waals surface area contributed by atoms with E-state index in [4.69, 9.17) is 11.6 Å². The summed E-state index contributed by atoms with van der Waals surface area (Å²) in [4.78, 5) is 4.66. The van der Waals surface area contributed by atoms with Crippen molar-refractivity contribution in [3.63, 3.8) is 0 Å². The molecule has 1 atom stereocenters. The van der Waals surface area contributed by atoms with E-state index in [1.54, 1.807) is 12.1 Å². The molecule has 5 rings (SSSR count). The van der Waals surface area contributed by atoms with Gasteiger partial charge in [-0.25, -0.2) is 13.1 Å². The first-order valence-corrected chi connectivity index (χ1v) is 13.0. The van der Waals surface area contributed by atoms with Crippen molar-refractivity contribution in [3.8, 4) is 17.5 Å². The molecule has 2 saturated carbocycles. The molecule has 3 aromatic rings. The molecule has 6 nitrogen and oxygen atoms in total. The van der Waals surface area contributed by atoms with Crippen molar-refractivity contribution in [3.05, 3.63) is 47.1 Å². The van der Waals surface area contributed by atoms with Crippen molar-refractivity contribution in [2.45, 2.75) is 62.4 Å². The number of benzene rings is 1. The fourth-order valence-electron chi connectivity index (χ4n) is 4.88. The number of nitriles is 1. The van der Waals surface area contributed by atoms with E-state index < -0.39 is 10.0 Å². The quantitative estimate of drug-likeness (QED) is 0.523. The van der Waals surface area contributed by atoms with E-state index in [0.717, 1.165) is 55.1 Å². The van der Waals surface area contributed by atoms with Crippen molar-refractivity contribution < 1.29 is 8.42 Å². The summed E-state index contributed by atoms with van der Waals surface area (Å²) in [5.74, 6) is 0.420. The third-order valence-electron chi connectivity index (χ3n) is 6.73. The Morgan fingerprint density at radius 1 is 1.19 bits per heavy atom. The predicted octanol–water partition coefficient (Wildman–Crippen LogP) is 5.42. The molecule has 166 valence electrons. The number of pyridine rings is 1. The second kappa shape index (κ2) is 8.18. The maximum atomic E-state index is 12.8. The lowest BCUT2D eigenvalue weighted by atomic mass is 10.1. The topological polar surface area (TPSA) is 87.8 Å². The van der Waals surface area contributed by atoms with Gasteiger partial charge in [0.05, 0.1) is 22.5 Å². The molecule has 0 spiro atoms. The highest BCUT2D eigenvalue weighted by molar-refractivity contribution is 7.89. The summed E-state index contributed by atoms with van der Waals surface area (Å²) in [6.45, 7) is 1.90. The summed E-state index contributed by atoms with van der Waals surface area (Å²) >= 11 is 6.25. The van der Waals surface area contributed by atoms with Gasteiger partial charge in [0.2, 0.25) is 10.0 Å². The summed E-state index contributed by atoms with van der Waals surface area (Å²) in [6.07, 6.45) is 7.89. The van der Waals surface area contributed by atoms with E-state index in [1.165, 1.54) is 6.20 Å². The lowest BCUT2D eigenvalue weighted by molar-refractivity contribution is 0.537. The van der Waals surface area contributed by atoms with Crippen LogP contribution in [0.1, 0.15) is 57.1 Å². The number of hydrogen-bond donors (Lipinski definition) is 1. The van der Waals surface area contributed by atoms with Gasteiger partial charge in [0.1, 0.15) is 11.0 Å². The van der Waals surface area contributed by atoms with Crippen molar-refractivity contribution in [1.82, 2.24) is 14.3 Å². The fraction of sp³-hybridized carbons (Fsp3) is 0.417. The first-order valence-electron chi connectivity index (χ1n) is 11.1. The molecule has 2 aliphatic carbocycles. The zero-order valence-corrected chi connectivity index (χ0v) is 19.5. The first-order chi connectivity index (χ1) is 15.4. The van der Waals surface area contributed by atoms with E-state index in [9.17, 15) is 13.7 Å². The number of rotatable bonds is 6. The van der Waals surface area contributed by atoms with Gasteiger partial charge in [-0.3, -0.25) is 4.98 Å². The van der Waals surface area contributed by atoms with Gasteiger partial charge >= 0.3 is 0 Å². The Morgan fingerprint density at radius 2 is 1.94 bits per heavy atom. The monoisotopic (exact) mass is 468 g/mol. The average Bonchev–Trinajstić information content (AvgIpc) is 3.40. The van der Waals surface area contributed by atoms with Crippen LogP contribution in [0, 0.1) is 17.2 Å². The third-order valence-corrected chi connectivity index (χ3v) is 8.51. The number of sulfonamides is 1. The first kappa shape index (κ1) is 21.4. The molecule has 0 amide bonds. The van der Waals surface area contributed by atoms with Crippen molar-refractivity contribution >= 4 is 32.5 Å². The van der Waals surface area contributed by atoms with Crippen molar-refractivity contribution in [2.24, 2.45) is 5.92 Å². The largest absolute Gasteiger partial charge is 0.335 e. The van der Waals surface area contributed by atoms with Crippen molar-refractivity contribution in [1.29, 1.82) is 5.26 Å². The van der Waals surface area contributed by atoms with Gasteiger partial charge < -0.3 is 4.57 Å². The Morgan fingerprint density at radius 3 is 2.56 bits per heavy atom. The van der Waals surface area contributed by atoms with E-state index in [2.05, 4.69) is 20.3 Å². The van der Waals surface area contributed by atoms with Gasteiger partial charge in [-0.15, -0.1) is 0 Å². The fourth-order valence-corrected chi connectivity index (χ4v) is 6.31. The SMILES string of the molecule is C[C@H](NS(=O)(=O)c1ccc(-c2c(C#N)c3cc(Cl)ccc3n2C2CCCC2)nc1)C1CC1. The van der Waals surface area contributed by atoms with Crippen LogP contribution in [0.15, 0.2) is 41.4 Å². The molecular formula is C24H25ClN4O2S. The van der Waals surface area contributed by atoms with Crippen LogP contribution in [0.25, 0.3) is 22.3 Å². The Balaban J connectivity index is 1.60. The molecule has 2 heterocycles. The highest BCUT2D eigenvalue weighted by Crippen LogP contribution is 2.41. The molecule has 1 N–H and O–H groups in total. The molecule has 0 aliphatic heterocycles. The van der Waals surface area contributed by atoms with E-state index in [-0.39, 0.29) is 17.0 Å². The van der Waals surface area contributed by atoms with Gasteiger partial charge in [0, 0.05) is 28.7 Å². The standard InChI is InChI=1S/C24H25ClN4O2S/c1-15(16-6-7-16)28-32(30,31)19-9-10-22(27-14-19)24-21(13-26)20-12-17(25)8-11-23(20)29(24)18-4-2-3-5-18/h8-12,14-16,18,28H,2-7H2,1H3/t15-/m0/s1. The Bertz CT molecular complexity index is 1310. The maximum Gasteiger partial charge on any atom is 0.242 e. The molecule has 0 radical (unpaired) electrons. The van der Waals surface area contributed by atoms with Crippen LogP contribution in [0.5, 0.6) is 0 Å². The van der Waals surface area contributed by atoms with Gasteiger partial charge in [-0.1, -0.05) is 24.4 Å². The second-order valence-corrected chi connectivity index (χ2v) is 11.1. The van der Waals surface area contributed by atoms with E-state index >= 15 is 0 Å². The molecule has 0 bridgehead atoms. The lowest BCUT2D eigenvalue weighted by Crippen LogP contribution is -2.34. The minimum atomic E-state index is -3.64. The third kappa shape index (κ3) is 3.81. The zero-order chi connectivity index (χ0) is 22.5. The summed E-state index contributed by atoms with van der Waals surface area (Å²) in [7, 11) is -3.64. The van der Waals surface area contributed by atoms with Crippen LogP contribution in [0.3, 0.4) is 0 Å². The summed E-state index contributed by atoms with van der Waals surface area (Å²) < 4.78 is 30.5. The molecular weight excluding hydrogens is 444 g/mol. The number of fused-ring (bicyclic) bond motifs is 1. The highest BCUT2D eigenvalue weighted by atomic mass is 35.5. The molecule has 2 fully saturated rings. The Kier molecular flexibility index (Phi) is 5.48. The second-order valence-electron chi connectivity index (χ2n) is 8.93. The molecule has 2 aliphatic rings. The number of hydrogen-bond acceptors (Lipinski definition) is 4. The lowest BCUT2D eigenvalue weighted by Gasteiger charge is -2.18. The van der Waals surface area contributed by atoms with Crippen LogP contribution in [0.2, 0.25) is 5.02 Å². The van der Waals surface area contributed by atoms with Crippen LogP contribution >= 0.6 is 11.6 Å². The number of aromatic nitrogens is 2. The van der Waals surface area contributed by atoms with Crippen LogP contribution in [0.4, 0.5) is 0 Å². The summed E-state index contributed by atoms with van der Waals surface area (Å²) in [6, 6.07) is 11.5. The molecule has 0 saturated heterocycles. The maximum absolute atomic E-state index is 12.8. The van der Waals surface area contributed by atoms with Gasteiger partial charge in [0.25, 0.3) is 0 Å². The summed E-state index contributed by atoms with van der Waals surface area (Å²) in [5.41, 5.74) is 2.82. The van der Waals surface area contributed by atoms with Gasteiger partial charge in [-0.05, 0) is 68.9 Å². The normalized spacial score (nSPS) is 18.2. The summed E-state index contributed by atoms with van der Waals surface area (Å²) in [5, 5.41) is 11.4. The predicted molar refractivity (Wildman–Crippen MR) is 125 cm³/mol. The number of nitrogens with zero attached hydrogens (tertiary/aromatic N) is 3. The van der Waals surface area contributed by atoms with Crippen LogP contribution in [-0.4, -0.2) is 24.0 Å². The van der Waals surface area contributed by atoms with Crippen LogP contribution < -0.4 is 4.72 Å². The minimum Gasteiger partial charge on any atom is -0.335 e. The smallest absolute Gasteiger partial charge is 0.242 e. The van der Waals surface area contributed by atoms with E-state index in [1.807, 2.05) is 25.1 Å². The minimum absolute atomic E-state index is 0.0838. The van der Waals surface area contributed by atoms with E-state index in [0.29, 0.717) is 22.2 Å². The Labute approximate surface area is 193 Å². The number of nitrogens with one attached hydrogen (secondary N) is 1. The highest BCUT2D eigenvalue weighted by Gasteiger charge is 2.32.